The van der Waals surface area contributed by atoms with Crippen LogP contribution in [-0.4, -0.2) is 17.9 Å². The van der Waals surface area contributed by atoms with Crippen molar-refractivity contribution in [1.82, 2.24) is 0 Å². The van der Waals surface area contributed by atoms with Crippen LogP contribution < -0.4 is 5.73 Å². The Bertz CT molecular complexity index is 451. The van der Waals surface area contributed by atoms with Crippen LogP contribution in [-0.2, 0) is 16.0 Å². The zero-order valence-corrected chi connectivity index (χ0v) is 9.82. The largest absolute Gasteiger partial charge is 0.373 e. The van der Waals surface area contributed by atoms with Crippen LogP contribution in [0.1, 0.15) is 36.5 Å². The number of rotatable bonds is 3. The van der Waals surface area contributed by atoms with Gasteiger partial charge in [-0.1, -0.05) is 24.3 Å². The van der Waals surface area contributed by atoms with E-state index in [0.29, 0.717) is 13.0 Å². The third-order valence-corrected chi connectivity index (χ3v) is 3.81. The Kier molecular flexibility index (Phi) is 2.53. The molecule has 1 atom stereocenters. The number of hydrogen-bond acceptors (Lipinski definition) is 3. The summed E-state index contributed by atoms with van der Waals surface area (Å²) in [5.74, 6) is 0.152. The second kappa shape index (κ2) is 3.93. The van der Waals surface area contributed by atoms with E-state index < -0.39 is 5.54 Å². The van der Waals surface area contributed by atoms with Crippen molar-refractivity contribution < 1.29 is 9.53 Å². The van der Waals surface area contributed by atoms with E-state index in [1.807, 2.05) is 12.1 Å². The number of benzene rings is 1. The zero-order chi connectivity index (χ0) is 11.9. The number of Topliss-reactive ketones (excluding diaryl/α,β-unsaturated/α-hetero) is 1. The van der Waals surface area contributed by atoms with Crippen LogP contribution in [0.3, 0.4) is 0 Å². The quantitative estimate of drug-likeness (QED) is 0.862. The summed E-state index contributed by atoms with van der Waals surface area (Å²) < 4.78 is 5.72. The number of carbonyl (C=O) groups excluding carboxylic acids is 1. The number of hydrogen-bond donors (Lipinski definition) is 1. The maximum atomic E-state index is 12.0. The zero-order valence-electron chi connectivity index (χ0n) is 9.82. The molecule has 3 rings (SSSR count). The van der Waals surface area contributed by atoms with Gasteiger partial charge in [0.15, 0.2) is 5.78 Å². The minimum absolute atomic E-state index is 0.0894. The average molecular weight is 231 g/mol. The normalized spacial score (nSPS) is 25.1. The van der Waals surface area contributed by atoms with Crippen LogP contribution in [0.4, 0.5) is 0 Å². The summed E-state index contributed by atoms with van der Waals surface area (Å²) in [6, 6.07) is 8.21. The maximum Gasteiger partial charge on any atom is 0.155 e. The van der Waals surface area contributed by atoms with Crippen LogP contribution in [0.5, 0.6) is 0 Å². The lowest BCUT2D eigenvalue weighted by Crippen LogP contribution is -2.34. The summed E-state index contributed by atoms with van der Waals surface area (Å²) in [6.07, 6.45) is 2.94. The third kappa shape index (κ3) is 2.01. The second-order valence-electron chi connectivity index (χ2n) is 5.09. The van der Waals surface area contributed by atoms with Gasteiger partial charge in [0.1, 0.15) is 0 Å². The highest BCUT2D eigenvalue weighted by molar-refractivity contribution is 5.91. The van der Waals surface area contributed by atoms with Crippen molar-refractivity contribution in [2.75, 3.05) is 6.61 Å². The van der Waals surface area contributed by atoms with E-state index in [9.17, 15) is 4.79 Å². The third-order valence-electron chi connectivity index (χ3n) is 3.81. The first-order valence-corrected chi connectivity index (χ1v) is 6.21. The maximum absolute atomic E-state index is 12.0. The van der Waals surface area contributed by atoms with Gasteiger partial charge in [0.05, 0.1) is 18.2 Å². The second-order valence-corrected chi connectivity index (χ2v) is 5.09. The van der Waals surface area contributed by atoms with Crippen molar-refractivity contribution in [2.24, 2.45) is 5.73 Å². The molecule has 0 aromatic heterocycles. The molecule has 2 N–H and O–H groups in total. The molecule has 1 aromatic carbocycles. The molecule has 1 aliphatic heterocycles. The summed E-state index contributed by atoms with van der Waals surface area (Å²) in [5.41, 5.74) is 7.86. The van der Waals surface area contributed by atoms with E-state index in [1.54, 1.807) is 0 Å². The van der Waals surface area contributed by atoms with Gasteiger partial charge in [0.2, 0.25) is 0 Å². The molecule has 1 heterocycles. The molecule has 1 fully saturated rings. The number of nitrogens with two attached hydrogens (primary N) is 1. The minimum Gasteiger partial charge on any atom is -0.373 e. The Balaban J connectivity index is 1.79. The molecule has 0 saturated heterocycles. The first-order valence-electron chi connectivity index (χ1n) is 6.21. The topological polar surface area (TPSA) is 52.3 Å². The van der Waals surface area contributed by atoms with Crippen molar-refractivity contribution in [3.05, 3.63) is 35.4 Å². The van der Waals surface area contributed by atoms with Gasteiger partial charge in [0, 0.05) is 6.42 Å². The molecule has 90 valence electrons. The Morgan fingerprint density at radius 2 is 2.18 bits per heavy atom. The minimum atomic E-state index is -0.532. The summed E-state index contributed by atoms with van der Waals surface area (Å²) in [4.78, 5) is 12.0. The fourth-order valence-electron chi connectivity index (χ4n) is 2.43. The number of ketones is 1. The lowest BCUT2D eigenvalue weighted by atomic mass is 9.93. The molecule has 2 aliphatic rings. The van der Waals surface area contributed by atoms with E-state index >= 15 is 0 Å². The van der Waals surface area contributed by atoms with Crippen LogP contribution in [0.2, 0.25) is 0 Å². The Labute approximate surface area is 101 Å². The van der Waals surface area contributed by atoms with Gasteiger partial charge in [-0.3, -0.25) is 4.79 Å². The van der Waals surface area contributed by atoms with Gasteiger partial charge in [0.25, 0.3) is 0 Å². The molecule has 0 radical (unpaired) electrons. The standard InChI is InChI=1S/C14H17NO2/c15-14(6-7-14)13(16)9-12-11-4-2-1-3-10(11)5-8-17-12/h1-4,12H,5-9,15H2. The Morgan fingerprint density at radius 1 is 1.41 bits per heavy atom. The molecular weight excluding hydrogens is 214 g/mol. The highest BCUT2D eigenvalue weighted by Crippen LogP contribution is 2.38. The van der Waals surface area contributed by atoms with Gasteiger partial charge in [-0.2, -0.15) is 0 Å². The van der Waals surface area contributed by atoms with Gasteiger partial charge in [-0.25, -0.2) is 0 Å². The van der Waals surface area contributed by atoms with Crippen molar-refractivity contribution >= 4 is 5.78 Å². The fourth-order valence-corrected chi connectivity index (χ4v) is 2.43. The smallest absolute Gasteiger partial charge is 0.155 e. The predicted octanol–water partition coefficient (Wildman–Crippen LogP) is 1.75. The van der Waals surface area contributed by atoms with Crippen LogP contribution in [0, 0.1) is 0 Å². The van der Waals surface area contributed by atoms with Gasteiger partial charge >= 0.3 is 0 Å². The molecule has 1 aliphatic carbocycles. The Morgan fingerprint density at radius 3 is 2.94 bits per heavy atom. The van der Waals surface area contributed by atoms with Crippen LogP contribution in [0.15, 0.2) is 24.3 Å². The van der Waals surface area contributed by atoms with Gasteiger partial charge in [-0.05, 0) is 30.4 Å². The molecule has 0 amide bonds. The van der Waals surface area contributed by atoms with Crippen molar-refractivity contribution in [3.8, 4) is 0 Å². The lowest BCUT2D eigenvalue weighted by Gasteiger charge is -2.26. The molecule has 1 aromatic rings. The highest BCUT2D eigenvalue weighted by atomic mass is 16.5. The molecule has 3 nitrogen and oxygen atoms in total. The first kappa shape index (κ1) is 10.9. The SMILES string of the molecule is NC1(C(=O)CC2OCCc3ccccc32)CC1. The van der Waals surface area contributed by atoms with Crippen LogP contribution in [0.25, 0.3) is 0 Å². The monoisotopic (exact) mass is 231 g/mol. The first-order chi connectivity index (χ1) is 8.19. The Hall–Kier alpha value is -1.19. The predicted molar refractivity (Wildman–Crippen MR) is 64.6 cm³/mol. The molecule has 1 saturated carbocycles. The van der Waals surface area contributed by atoms with E-state index in [2.05, 4.69) is 12.1 Å². The molecule has 3 heteroatoms. The van der Waals surface area contributed by atoms with Crippen molar-refractivity contribution in [2.45, 2.75) is 37.3 Å². The van der Waals surface area contributed by atoms with Gasteiger partial charge in [-0.15, -0.1) is 0 Å². The lowest BCUT2D eigenvalue weighted by molar-refractivity contribution is -0.124. The fraction of sp³-hybridized carbons (Fsp3) is 0.500. The number of carbonyl (C=O) groups is 1. The van der Waals surface area contributed by atoms with Crippen molar-refractivity contribution in [1.29, 1.82) is 0 Å². The van der Waals surface area contributed by atoms with Crippen LogP contribution >= 0.6 is 0 Å². The van der Waals surface area contributed by atoms with E-state index in [4.69, 9.17) is 10.5 Å². The average Bonchev–Trinajstić information content (AvgIpc) is 3.09. The summed E-state index contributed by atoms with van der Waals surface area (Å²) in [7, 11) is 0. The summed E-state index contributed by atoms with van der Waals surface area (Å²) in [5, 5.41) is 0. The number of fused-ring (bicyclic) bond motifs is 1. The number of ether oxygens (including phenoxy) is 1. The molecule has 1 unspecified atom stereocenters. The molecule has 17 heavy (non-hydrogen) atoms. The molecule has 0 bridgehead atoms. The highest BCUT2D eigenvalue weighted by Gasteiger charge is 2.46. The summed E-state index contributed by atoms with van der Waals surface area (Å²) in [6.45, 7) is 0.701. The summed E-state index contributed by atoms with van der Waals surface area (Å²) >= 11 is 0. The van der Waals surface area contributed by atoms with Crippen molar-refractivity contribution in [3.63, 3.8) is 0 Å². The van der Waals surface area contributed by atoms with Gasteiger partial charge < -0.3 is 10.5 Å². The van der Waals surface area contributed by atoms with E-state index in [-0.39, 0.29) is 11.9 Å². The van der Waals surface area contributed by atoms with E-state index in [0.717, 1.165) is 24.8 Å². The van der Waals surface area contributed by atoms with E-state index in [1.165, 1.54) is 5.56 Å². The molecule has 0 spiro atoms. The molecular formula is C14H17NO2.